The monoisotopic (exact) mass is 1370 g/mol. The first-order valence-electron chi connectivity index (χ1n) is 38.3. The minimum atomic E-state index is -4.96. The minimum absolute atomic E-state index is 0.104. The van der Waals surface area contributed by atoms with E-state index < -0.39 is 97.5 Å². The van der Waals surface area contributed by atoms with Crippen LogP contribution in [-0.2, 0) is 65.4 Å². The van der Waals surface area contributed by atoms with Crippen LogP contribution in [0, 0.1) is 23.7 Å². The summed E-state index contributed by atoms with van der Waals surface area (Å²) in [5.41, 5.74) is 0. The number of carbonyl (C=O) groups is 4. The lowest BCUT2D eigenvalue weighted by Crippen LogP contribution is -2.30. The number of ether oxygens (including phenoxy) is 4. The zero-order valence-electron chi connectivity index (χ0n) is 60.9. The van der Waals surface area contributed by atoms with Crippen molar-refractivity contribution in [1.29, 1.82) is 0 Å². The van der Waals surface area contributed by atoms with Gasteiger partial charge in [0.05, 0.1) is 26.4 Å². The number of phosphoric ester groups is 2. The second-order valence-corrected chi connectivity index (χ2v) is 31.0. The number of unbranched alkanes of at least 4 members (excludes halogenated alkanes) is 35. The molecule has 0 aliphatic rings. The van der Waals surface area contributed by atoms with E-state index >= 15 is 0 Å². The van der Waals surface area contributed by atoms with Gasteiger partial charge in [0, 0.05) is 25.7 Å². The van der Waals surface area contributed by atoms with Crippen molar-refractivity contribution >= 4 is 39.5 Å². The minimum Gasteiger partial charge on any atom is -0.462 e. The van der Waals surface area contributed by atoms with E-state index in [9.17, 15) is 43.2 Å². The molecular weight excluding hydrogens is 1220 g/mol. The summed E-state index contributed by atoms with van der Waals surface area (Å²) in [4.78, 5) is 72.7. The van der Waals surface area contributed by atoms with Crippen molar-refractivity contribution in [1.82, 2.24) is 0 Å². The third kappa shape index (κ3) is 65.8. The highest BCUT2D eigenvalue weighted by atomic mass is 31.2. The molecule has 7 atom stereocenters. The van der Waals surface area contributed by atoms with Crippen molar-refractivity contribution in [2.24, 2.45) is 23.7 Å². The Kier molecular flexibility index (Phi) is 62.2. The highest BCUT2D eigenvalue weighted by Gasteiger charge is 2.30. The smallest absolute Gasteiger partial charge is 0.462 e. The maximum Gasteiger partial charge on any atom is 0.472 e. The summed E-state index contributed by atoms with van der Waals surface area (Å²) in [7, 11) is -9.91. The lowest BCUT2D eigenvalue weighted by Gasteiger charge is -2.21. The van der Waals surface area contributed by atoms with Crippen LogP contribution >= 0.6 is 15.6 Å². The van der Waals surface area contributed by atoms with Crippen molar-refractivity contribution < 1.29 is 80.2 Å². The van der Waals surface area contributed by atoms with Crippen LogP contribution in [-0.4, -0.2) is 96.7 Å². The second kappa shape index (κ2) is 63.5. The van der Waals surface area contributed by atoms with E-state index in [1.54, 1.807) is 0 Å². The molecule has 0 amide bonds. The fourth-order valence-electron chi connectivity index (χ4n) is 11.1. The number of phosphoric acid groups is 2. The summed E-state index contributed by atoms with van der Waals surface area (Å²) in [6.07, 6.45) is 47.1. The molecule has 0 aliphatic carbocycles. The summed E-state index contributed by atoms with van der Waals surface area (Å²) >= 11 is 0. The molecule has 0 saturated carbocycles. The Bertz CT molecular complexity index is 1840. The summed E-state index contributed by atoms with van der Waals surface area (Å²) < 4.78 is 68.4. The molecule has 0 radical (unpaired) electrons. The van der Waals surface area contributed by atoms with Gasteiger partial charge < -0.3 is 33.8 Å². The van der Waals surface area contributed by atoms with Gasteiger partial charge in [-0.2, -0.15) is 0 Å². The molecule has 0 saturated heterocycles. The molecule has 0 aromatic rings. The topological polar surface area (TPSA) is 237 Å². The molecule has 0 fully saturated rings. The predicted molar refractivity (Wildman–Crippen MR) is 377 cm³/mol. The van der Waals surface area contributed by atoms with E-state index in [2.05, 4.69) is 55.4 Å². The van der Waals surface area contributed by atoms with Crippen molar-refractivity contribution in [3.8, 4) is 0 Å². The molecule has 3 N–H and O–H groups in total. The highest BCUT2D eigenvalue weighted by Crippen LogP contribution is 2.45. The van der Waals surface area contributed by atoms with Crippen LogP contribution in [0.3, 0.4) is 0 Å². The Labute approximate surface area is 568 Å². The average molecular weight is 1370 g/mol. The number of hydrogen-bond acceptors (Lipinski definition) is 15. The van der Waals surface area contributed by atoms with Gasteiger partial charge in [0.25, 0.3) is 0 Å². The first-order valence-corrected chi connectivity index (χ1v) is 41.3. The van der Waals surface area contributed by atoms with Crippen LogP contribution in [0.25, 0.3) is 0 Å². The summed E-state index contributed by atoms with van der Waals surface area (Å²) in [5, 5.41) is 10.6. The lowest BCUT2D eigenvalue weighted by molar-refractivity contribution is -0.161. The van der Waals surface area contributed by atoms with Gasteiger partial charge in [-0.05, 0) is 49.4 Å². The summed E-state index contributed by atoms with van der Waals surface area (Å²) in [6, 6.07) is 0. The molecule has 4 unspecified atom stereocenters. The molecule has 0 aliphatic heterocycles. The molecule has 0 spiro atoms. The maximum atomic E-state index is 13.1. The Morgan fingerprint density at radius 1 is 0.301 bits per heavy atom. The van der Waals surface area contributed by atoms with Gasteiger partial charge in [-0.1, -0.05) is 319 Å². The Balaban J connectivity index is 5.25. The van der Waals surface area contributed by atoms with Gasteiger partial charge in [0.15, 0.2) is 12.2 Å². The standard InChI is InChI=1S/C74H144O17P2/c1-9-66(7)52-44-36-28-24-25-31-41-49-57-74(79)91-70(61-85-72(77)55-47-39-33-32-37-45-53-67(8)10-2)63-89-93(82,83)87-59-68(75)58-86-92(80,81)88-62-69(90-73(78)56-48-40-30-23-19-15-17-21-27-35-43-51-65(5)6)60-84-71(76)54-46-38-29-22-18-14-12-11-13-16-20-26-34-42-50-64(3)4/h64-70,75H,9-63H2,1-8H3,(H,80,81)(H,82,83)/t66?,67?,68-,69-,70-/m1/s1. The Morgan fingerprint density at radius 3 is 0.763 bits per heavy atom. The summed E-state index contributed by atoms with van der Waals surface area (Å²) in [6.45, 7) is 14.2. The van der Waals surface area contributed by atoms with E-state index in [0.717, 1.165) is 120 Å². The molecule has 93 heavy (non-hydrogen) atoms. The lowest BCUT2D eigenvalue weighted by atomic mass is 9.99. The third-order valence-electron chi connectivity index (χ3n) is 17.8. The summed E-state index contributed by atoms with van der Waals surface area (Å²) in [5.74, 6) is 0.939. The molecular formula is C74H144O17P2. The predicted octanol–water partition coefficient (Wildman–Crippen LogP) is 21.3. The van der Waals surface area contributed by atoms with Gasteiger partial charge in [0.2, 0.25) is 0 Å². The van der Waals surface area contributed by atoms with Crippen LogP contribution in [0.2, 0.25) is 0 Å². The van der Waals surface area contributed by atoms with Crippen molar-refractivity contribution in [3.63, 3.8) is 0 Å². The Hall–Kier alpha value is -1.94. The van der Waals surface area contributed by atoms with E-state index in [-0.39, 0.29) is 25.7 Å². The van der Waals surface area contributed by atoms with Crippen LogP contribution in [0.1, 0.15) is 370 Å². The number of esters is 4. The molecule has 0 aromatic heterocycles. The van der Waals surface area contributed by atoms with Gasteiger partial charge in [-0.25, -0.2) is 9.13 Å². The number of carbonyl (C=O) groups excluding carboxylic acids is 4. The van der Waals surface area contributed by atoms with Crippen LogP contribution < -0.4 is 0 Å². The van der Waals surface area contributed by atoms with E-state index in [1.165, 1.54) is 167 Å². The van der Waals surface area contributed by atoms with Crippen LogP contribution in [0.15, 0.2) is 0 Å². The largest absolute Gasteiger partial charge is 0.472 e. The number of hydrogen-bond donors (Lipinski definition) is 3. The van der Waals surface area contributed by atoms with Gasteiger partial charge in [0.1, 0.15) is 19.3 Å². The quantitative estimate of drug-likeness (QED) is 0.0222. The molecule has 0 rings (SSSR count). The zero-order chi connectivity index (χ0) is 68.9. The van der Waals surface area contributed by atoms with Gasteiger partial charge in [-0.15, -0.1) is 0 Å². The van der Waals surface area contributed by atoms with Gasteiger partial charge >= 0.3 is 39.5 Å². The van der Waals surface area contributed by atoms with Crippen LogP contribution in [0.4, 0.5) is 0 Å². The fraction of sp³-hybridized carbons (Fsp3) is 0.946. The van der Waals surface area contributed by atoms with E-state index in [4.69, 9.17) is 37.0 Å². The van der Waals surface area contributed by atoms with E-state index in [1.807, 2.05) is 0 Å². The van der Waals surface area contributed by atoms with Crippen molar-refractivity contribution in [2.75, 3.05) is 39.6 Å². The molecule has 0 aromatic carbocycles. The number of aliphatic hydroxyl groups is 1. The third-order valence-corrected chi connectivity index (χ3v) is 19.7. The van der Waals surface area contributed by atoms with Gasteiger partial charge in [-0.3, -0.25) is 37.3 Å². The molecule has 17 nitrogen and oxygen atoms in total. The first-order chi connectivity index (χ1) is 44.7. The SMILES string of the molecule is CCC(C)CCCCCCCCCCC(=O)O[C@H](COC(=O)CCCCCCCCC(C)CC)COP(=O)(O)OC[C@H](O)COP(=O)(O)OC[C@@H](COC(=O)CCCCCCCCCCCCCCCCC(C)C)OC(=O)CCCCCCCCCCCCCC(C)C. The zero-order valence-corrected chi connectivity index (χ0v) is 62.7. The number of aliphatic hydroxyl groups excluding tert-OH is 1. The fourth-order valence-corrected chi connectivity index (χ4v) is 12.7. The first kappa shape index (κ1) is 91.1. The molecule has 19 heteroatoms. The molecule has 552 valence electrons. The maximum absolute atomic E-state index is 13.1. The highest BCUT2D eigenvalue weighted by molar-refractivity contribution is 7.47. The van der Waals surface area contributed by atoms with Crippen LogP contribution in [0.5, 0.6) is 0 Å². The van der Waals surface area contributed by atoms with Crippen molar-refractivity contribution in [3.05, 3.63) is 0 Å². The molecule has 0 heterocycles. The van der Waals surface area contributed by atoms with E-state index in [0.29, 0.717) is 25.7 Å². The Morgan fingerprint density at radius 2 is 0.516 bits per heavy atom. The van der Waals surface area contributed by atoms with Crippen molar-refractivity contribution in [2.45, 2.75) is 388 Å². The average Bonchev–Trinajstić information content (AvgIpc) is 2.78. The normalized spacial score (nSPS) is 14.8. The number of rotatable bonds is 71. The molecule has 0 bridgehead atoms. The second-order valence-electron chi connectivity index (χ2n) is 28.1.